The smallest absolute Gasteiger partial charge is 0.265 e. The SMILES string of the molecule is COCC(C)n1c(C)cc(/C=C(\C#N)C(=O)N(C2CC2)C(C)c2ccco2)c1C. The van der Waals surface area contributed by atoms with Gasteiger partial charge in [-0.25, -0.2) is 0 Å². The molecule has 0 aromatic carbocycles. The maximum Gasteiger partial charge on any atom is 0.265 e. The lowest BCUT2D eigenvalue weighted by molar-refractivity contribution is -0.129. The summed E-state index contributed by atoms with van der Waals surface area (Å²) in [5, 5.41) is 9.77. The van der Waals surface area contributed by atoms with Gasteiger partial charge in [-0.05, 0) is 70.4 Å². The largest absolute Gasteiger partial charge is 0.467 e. The second-order valence-electron chi connectivity index (χ2n) is 7.81. The summed E-state index contributed by atoms with van der Waals surface area (Å²) >= 11 is 0. The number of carbonyl (C=O) groups is 1. The van der Waals surface area contributed by atoms with Crippen molar-refractivity contribution in [3.05, 3.63) is 52.7 Å². The van der Waals surface area contributed by atoms with Gasteiger partial charge in [0.25, 0.3) is 5.91 Å². The molecule has 0 radical (unpaired) electrons. The summed E-state index contributed by atoms with van der Waals surface area (Å²) in [7, 11) is 1.69. The quantitative estimate of drug-likeness (QED) is 0.485. The van der Waals surface area contributed by atoms with Gasteiger partial charge in [-0.3, -0.25) is 4.79 Å². The molecule has 154 valence electrons. The Balaban J connectivity index is 1.92. The van der Waals surface area contributed by atoms with Gasteiger partial charge in [0, 0.05) is 24.5 Å². The number of amides is 1. The lowest BCUT2D eigenvalue weighted by Gasteiger charge is -2.27. The zero-order valence-corrected chi connectivity index (χ0v) is 17.8. The molecule has 1 aliphatic rings. The molecule has 6 heteroatoms. The van der Waals surface area contributed by atoms with E-state index < -0.39 is 0 Å². The van der Waals surface area contributed by atoms with E-state index in [0.29, 0.717) is 6.61 Å². The van der Waals surface area contributed by atoms with Gasteiger partial charge in [0.15, 0.2) is 0 Å². The third kappa shape index (κ3) is 4.30. The van der Waals surface area contributed by atoms with Crippen molar-refractivity contribution in [2.75, 3.05) is 13.7 Å². The van der Waals surface area contributed by atoms with Crippen LogP contribution in [-0.2, 0) is 9.53 Å². The molecule has 0 spiro atoms. The lowest BCUT2D eigenvalue weighted by Crippen LogP contribution is -2.36. The van der Waals surface area contributed by atoms with Crippen molar-refractivity contribution in [1.29, 1.82) is 5.26 Å². The summed E-state index contributed by atoms with van der Waals surface area (Å²) in [6.07, 6.45) is 5.24. The van der Waals surface area contributed by atoms with E-state index in [2.05, 4.69) is 17.6 Å². The highest BCUT2D eigenvalue weighted by atomic mass is 16.5. The van der Waals surface area contributed by atoms with E-state index in [4.69, 9.17) is 9.15 Å². The van der Waals surface area contributed by atoms with Crippen LogP contribution in [0.2, 0.25) is 0 Å². The third-order valence-corrected chi connectivity index (χ3v) is 5.57. The molecular formula is C23H29N3O3. The van der Waals surface area contributed by atoms with Crippen LogP contribution < -0.4 is 0 Å². The summed E-state index contributed by atoms with van der Waals surface area (Å²) in [5.41, 5.74) is 3.13. The van der Waals surface area contributed by atoms with E-state index in [-0.39, 0.29) is 29.6 Å². The minimum Gasteiger partial charge on any atom is -0.467 e. The van der Waals surface area contributed by atoms with Crippen LogP contribution >= 0.6 is 0 Å². The number of nitriles is 1. The van der Waals surface area contributed by atoms with Crippen molar-refractivity contribution in [3.8, 4) is 6.07 Å². The highest BCUT2D eigenvalue weighted by Gasteiger charge is 2.38. The van der Waals surface area contributed by atoms with Crippen molar-refractivity contribution in [2.24, 2.45) is 0 Å². The topological polar surface area (TPSA) is 71.4 Å². The fourth-order valence-electron chi connectivity index (χ4n) is 4.06. The Kier molecular flexibility index (Phi) is 6.29. The van der Waals surface area contributed by atoms with Gasteiger partial charge in [-0.1, -0.05) is 0 Å². The first-order valence-electron chi connectivity index (χ1n) is 10.0. The minimum atomic E-state index is -0.242. The van der Waals surface area contributed by atoms with Crippen molar-refractivity contribution >= 4 is 12.0 Å². The number of hydrogen-bond donors (Lipinski definition) is 0. The molecule has 6 nitrogen and oxygen atoms in total. The number of methoxy groups -OCH3 is 1. The first-order valence-corrected chi connectivity index (χ1v) is 10.0. The van der Waals surface area contributed by atoms with Gasteiger partial charge in [0.1, 0.15) is 17.4 Å². The molecule has 1 amide bonds. The van der Waals surface area contributed by atoms with E-state index in [9.17, 15) is 10.1 Å². The van der Waals surface area contributed by atoms with Gasteiger partial charge in [-0.15, -0.1) is 0 Å². The third-order valence-electron chi connectivity index (χ3n) is 5.57. The van der Waals surface area contributed by atoms with E-state index in [0.717, 1.165) is 35.6 Å². The lowest BCUT2D eigenvalue weighted by atomic mass is 10.1. The van der Waals surface area contributed by atoms with E-state index in [1.807, 2.05) is 39.0 Å². The number of rotatable bonds is 8. The summed E-state index contributed by atoms with van der Waals surface area (Å²) < 4.78 is 13.0. The minimum absolute atomic E-state index is 0.148. The normalized spacial score (nSPS) is 16.3. The van der Waals surface area contributed by atoms with Gasteiger partial charge >= 0.3 is 0 Å². The molecule has 2 atom stereocenters. The molecule has 2 heterocycles. The van der Waals surface area contributed by atoms with E-state index >= 15 is 0 Å². The molecule has 29 heavy (non-hydrogen) atoms. The van der Waals surface area contributed by atoms with Crippen molar-refractivity contribution in [2.45, 2.75) is 58.7 Å². The average molecular weight is 396 g/mol. The number of aryl methyl sites for hydroxylation is 1. The van der Waals surface area contributed by atoms with Gasteiger partial charge in [0.05, 0.1) is 25.0 Å². The van der Waals surface area contributed by atoms with Crippen LogP contribution in [0.25, 0.3) is 6.08 Å². The van der Waals surface area contributed by atoms with Crippen LogP contribution in [0.5, 0.6) is 0 Å². The predicted octanol–water partition coefficient (Wildman–Crippen LogP) is 4.56. The average Bonchev–Trinajstić information content (AvgIpc) is 3.26. The molecule has 1 aliphatic carbocycles. The standard InChI is InChI=1S/C23H29N3O3/c1-15-11-19(17(3)25(15)16(2)14-28-5)12-20(13-24)23(27)26(21-8-9-21)18(4)22-7-6-10-29-22/h6-7,10-12,16,18,21H,8-9,14H2,1-5H3/b20-12+. The number of hydrogen-bond acceptors (Lipinski definition) is 4. The van der Waals surface area contributed by atoms with E-state index in [1.54, 1.807) is 24.3 Å². The number of furan rings is 1. The first kappa shape index (κ1) is 20.9. The summed E-state index contributed by atoms with van der Waals surface area (Å²) in [6, 6.07) is 7.95. The molecule has 0 aliphatic heterocycles. The number of aromatic nitrogens is 1. The Morgan fingerprint density at radius 2 is 2.17 bits per heavy atom. The fourth-order valence-corrected chi connectivity index (χ4v) is 4.06. The molecular weight excluding hydrogens is 366 g/mol. The zero-order chi connectivity index (χ0) is 21.1. The molecule has 3 rings (SSSR count). The highest BCUT2D eigenvalue weighted by molar-refractivity contribution is 6.02. The van der Waals surface area contributed by atoms with Crippen LogP contribution in [0.4, 0.5) is 0 Å². The highest BCUT2D eigenvalue weighted by Crippen LogP contribution is 2.36. The Labute approximate surface area is 172 Å². The molecule has 2 unspecified atom stereocenters. The molecule has 1 saturated carbocycles. The van der Waals surface area contributed by atoms with E-state index in [1.165, 1.54) is 0 Å². The predicted molar refractivity (Wildman–Crippen MR) is 111 cm³/mol. The maximum absolute atomic E-state index is 13.3. The van der Waals surface area contributed by atoms with Crippen LogP contribution in [-0.4, -0.2) is 35.1 Å². The summed E-state index contributed by atoms with van der Waals surface area (Å²) in [5.74, 6) is 0.489. The fraction of sp³-hybridized carbons (Fsp3) is 0.478. The van der Waals surface area contributed by atoms with Crippen molar-refractivity contribution < 1.29 is 13.9 Å². The number of carbonyl (C=O) groups excluding carboxylic acids is 1. The second-order valence-corrected chi connectivity index (χ2v) is 7.81. The molecule has 2 aromatic rings. The van der Waals surface area contributed by atoms with Gasteiger partial charge < -0.3 is 18.6 Å². The second kappa shape index (κ2) is 8.71. The Bertz CT molecular complexity index is 929. The maximum atomic E-state index is 13.3. The van der Waals surface area contributed by atoms with Gasteiger partial charge in [-0.2, -0.15) is 5.26 Å². The molecule has 1 fully saturated rings. The van der Waals surface area contributed by atoms with Crippen LogP contribution in [0.1, 0.15) is 61.5 Å². The molecule has 0 bridgehead atoms. The Morgan fingerprint density at radius 3 is 2.72 bits per heavy atom. The zero-order valence-electron chi connectivity index (χ0n) is 17.8. The summed E-state index contributed by atoms with van der Waals surface area (Å²) in [4.78, 5) is 15.1. The van der Waals surface area contributed by atoms with Crippen LogP contribution in [0.15, 0.2) is 34.5 Å². The monoisotopic (exact) mass is 395 g/mol. The van der Waals surface area contributed by atoms with Gasteiger partial charge in [0.2, 0.25) is 0 Å². The van der Waals surface area contributed by atoms with Crippen molar-refractivity contribution in [3.63, 3.8) is 0 Å². The summed E-state index contributed by atoms with van der Waals surface area (Å²) in [6.45, 7) is 8.67. The molecule has 0 N–H and O–H groups in total. The molecule has 2 aromatic heterocycles. The Hall–Kier alpha value is -2.78. The first-order chi connectivity index (χ1) is 13.9. The number of ether oxygens (including phenoxy) is 1. The Morgan fingerprint density at radius 1 is 1.45 bits per heavy atom. The van der Waals surface area contributed by atoms with Crippen LogP contribution in [0.3, 0.4) is 0 Å². The number of nitrogens with zero attached hydrogens (tertiary/aromatic N) is 3. The molecule has 0 saturated heterocycles. The van der Waals surface area contributed by atoms with Crippen molar-refractivity contribution in [1.82, 2.24) is 9.47 Å². The van der Waals surface area contributed by atoms with Crippen LogP contribution in [0, 0.1) is 25.2 Å².